The quantitative estimate of drug-likeness (QED) is 0.744. The molecule has 0 aromatic heterocycles. The molecule has 0 aliphatic rings. The number of carboxylic acids is 1. The number of hydrogen-bond acceptors (Lipinski definition) is 3. The highest BCUT2D eigenvalue weighted by atomic mass is 79.9. The fourth-order valence-corrected chi connectivity index (χ4v) is 2.13. The Kier molecular flexibility index (Phi) is 3.25. The molecule has 2 aromatic rings. The molecular weight excluding hydrogens is 296 g/mol. The van der Waals surface area contributed by atoms with Gasteiger partial charge in [-0.3, -0.25) is 0 Å². The number of halogens is 1. The maximum atomic E-state index is 11.2. The molecule has 0 radical (unpaired) electrons. The molecule has 4 nitrogen and oxygen atoms in total. The van der Waals surface area contributed by atoms with Crippen LogP contribution in [0.25, 0.3) is 11.1 Å². The van der Waals surface area contributed by atoms with Crippen LogP contribution in [0.5, 0.6) is 0 Å². The van der Waals surface area contributed by atoms with Gasteiger partial charge in [0.15, 0.2) is 0 Å². The molecule has 0 atom stereocenters. The normalized spacial score (nSPS) is 10.3. The number of nitrogens with two attached hydrogens (primary N) is 2. The molecule has 5 N–H and O–H groups in total. The number of benzene rings is 2. The number of nitrogen functional groups attached to an aromatic ring is 2. The van der Waals surface area contributed by atoms with Crippen molar-refractivity contribution in [2.75, 3.05) is 11.5 Å². The van der Waals surface area contributed by atoms with Crippen LogP contribution in [0.4, 0.5) is 11.4 Å². The third-order valence-corrected chi connectivity index (χ3v) is 3.30. The van der Waals surface area contributed by atoms with E-state index in [1.807, 2.05) is 0 Å². The van der Waals surface area contributed by atoms with E-state index >= 15 is 0 Å². The second kappa shape index (κ2) is 4.70. The van der Waals surface area contributed by atoms with Crippen molar-refractivity contribution in [3.8, 4) is 11.1 Å². The highest BCUT2D eigenvalue weighted by Crippen LogP contribution is 2.33. The summed E-state index contributed by atoms with van der Waals surface area (Å²) in [5.74, 6) is -1.01. The molecule has 0 fully saturated rings. The average molecular weight is 307 g/mol. The van der Waals surface area contributed by atoms with Crippen LogP contribution in [0.3, 0.4) is 0 Å². The molecular formula is C13H11BrN2O2. The minimum Gasteiger partial charge on any atom is -0.478 e. The third-order valence-electron chi connectivity index (χ3n) is 2.62. The number of aromatic carboxylic acids is 1. The summed E-state index contributed by atoms with van der Waals surface area (Å²) < 4.78 is 0.708. The largest absolute Gasteiger partial charge is 0.478 e. The van der Waals surface area contributed by atoms with E-state index < -0.39 is 5.97 Å². The number of rotatable bonds is 2. The predicted molar refractivity (Wildman–Crippen MR) is 75.4 cm³/mol. The Bertz CT molecular complexity index is 626. The van der Waals surface area contributed by atoms with Gasteiger partial charge in [-0.25, -0.2) is 4.79 Å². The highest BCUT2D eigenvalue weighted by molar-refractivity contribution is 9.10. The predicted octanol–water partition coefficient (Wildman–Crippen LogP) is 2.98. The van der Waals surface area contributed by atoms with Crippen molar-refractivity contribution in [1.29, 1.82) is 0 Å². The minimum absolute atomic E-state index is 0.173. The minimum atomic E-state index is -1.01. The van der Waals surface area contributed by atoms with Gasteiger partial charge in [-0.15, -0.1) is 0 Å². The Labute approximate surface area is 112 Å². The Morgan fingerprint density at radius 3 is 2.44 bits per heavy atom. The first-order valence-electron chi connectivity index (χ1n) is 5.18. The summed E-state index contributed by atoms with van der Waals surface area (Å²) in [6.07, 6.45) is 0. The monoisotopic (exact) mass is 306 g/mol. The lowest BCUT2D eigenvalue weighted by molar-refractivity contribution is 0.0698. The van der Waals surface area contributed by atoms with Crippen LogP contribution in [-0.4, -0.2) is 11.1 Å². The number of carbonyl (C=O) groups is 1. The van der Waals surface area contributed by atoms with E-state index in [9.17, 15) is 9.90 Å². The summed E-state index contributed by atoms with van der Waals surface area (Å²) in [4.78, 5) is 11.2. The van der Waals surface area contributed by atoms with Crippen molar-refractivity contribution in [3.05, 3.63) is 46.4 Å². The fourth-order valence-electron chi connectivity index (χ4n) is 1.75. The third kappa shape index (κ3) is 2.17. The lowest BCUT2D eigenvalue weighted by Crippen LogP contribution is -2.02. The van der Waals surface area contributed by atoms with Crippen molar-refractivity contribution in [2.24, 2.45) is 0 Å². The number of anilines is 2. The van der Waals surface area contributed by atoms with Crippen LogP contribution < -0.4 is 11.5 Å². The first kappa shape index (κ1) is 12.4. The molecule has 0 heterocycles. The van der Waals surface area contributed by atoms with Gasteiger partial charge in [0.05, 0.1) is 5.56 Å². The molecule has 18 heavy (non-hydrogen) atoms. The second-order valence-electron chi connectivity index (χ2n) is 3.81. The van der Waals surface area contributed by atoms with Crippen LogP contribution in [0, 0.1) is 0 Å². The molecule has 0 amide bonds. The summed E-state index contributed by atoms with van der Waals surface area (Å²) in [6, 6.07) is 10.0. The van der Waals surface area contributed by atoms with Crippen LogP contribution in [0.15, 0.2) is 40.9 Å². The van der Waals surface area contributed by atoms with E-state index in [0.29, 0.717) is 27.0 Å². The average Bonchev–Trinajstić information content (AvgIpc) is 2.32. The van der Waals surface area contributed by atoms with Gasteiger partial charge in [0.25, 0.3) is 0 Å². The van der Waals surface area contributed by atoms with Gasteiger partial charge < -0.3 is 16.6 Å². The van der Waals surface area contributed by atoms with E-state index in [0.717, 1.165) is 0 Å². The van der Waals surface area contributed by atoms with E-state index in [4.69, 9.17) is 11.5 Å². The summed E-state index contributed by atoms with van der Waals surface area (Å²) in [5, 5.41) is 9.18. The molecule has 0 saturated heterocycles. The Morgan fingerprint density at radius 2 is 1.83 bits per heavy atom. The molecule has 2 aromatic carbocycles. The van der Waals surface area contributed by atoms with Crippen molar-refractivity contribution in [3.63, 3.8) is 0 Å². The van der Waals surface area contributed by atoms with Crippen LogP contribution in [-0.2, 0) is 0 Å². The summed E-state index contributed by atoms with van der Waals surface area (Å²) in [7, 11) is 0. The fraction of sp³-hybridized carbons (Fsp3) is 0. The first-order valence-corrected chi connectivity index (χ1v) is 5.97. The lowest BCUT2D eigenvalue weighted by atomic mass is 9.97. The van der Waals surface area contributed by atoms with Gasteiger partial charge in [-0.05, 0) is 45.8 Å². The van der Waals surface area contributed by atoms with Gasteiger partial charge in [-0.1, -0.05) is 12.1 Å². The lowest BCUT2D eigenvalue weighted by Gasteiger charge is -2.10. The molecule has 0 saturated carbocycles. The van der Waals surface area contributed by atoms with Crippen molar-refractivity contribution >= 4 is 33.3 Å². The summed E-state index contributed by atoms with van der Waals surface area (Å²) in [5.41, 5.74) is 14.0. The van der Waals surface area contributed by atoms with Crippen molar-refractivity contribution in [2.45, 2.75) is 0 Å². The summed E-state index contributed by atoms with van der Waals surface area (Å²) >= 11 is 3.32. The zero-order chi connectivity index (χ0) is 13.3. The Morgan fingerprint density at radius 1 is 1.11 bits per heavy atom. The maximum absolute atomic E-state index is 11.2. The topological polar surface area (TPSA) is 89.3 Å². The Hall–Kier alpha value is -2.01. The zero-order valence-electron chi connectivity index (χ0n) is 9.35. The van der Waals surface area contributed by atoms with Crippen LogP contribution in [0.2, 0.25) is 0 Å². The van der Waals surface area contributed by atoms with Gasteiger partial charge in [0.2, 0.25) is 0 Å². The van der Waals surface area contributed by atoms with E-state index in [2.05, 4.69) is 15.9 Å². The highest BCUT2D eigenvalue weighted by Gasteiger charge is 2.14. The molecule has 0 unspecified atom stereocenters. The van der Waals surface area contributed by atoms with Gasteiger partial charge in [0.1, 0.15) is 0 Å². The van der Waals surface area contributed by atoms with Gasteiger partial charge >= 0.3 is 5.97 Å². The van der Waals surface area contributed by atoms with Crippen molar-refractivity contribution < 1.29 is 9.90 Å². The first-order chi connectivity index (χ1) is 8.50. The molecule has 0 aliphatic carbocycles. The van der Waals surface area contributed by atoms with E-state index in [1.165, 1.54) is 6.07 Å². The molecule has 2 rings (SSSR count). The molecule has 5 heteroatoms. The molecule has 92 valence electrons. The molecule has 0 bridgehead atoms. The smallest absolute Gasteiger partial charge is 0.336 e. The molecule has 0 aliphatic heterocycles. The van der Waals surface area contributed by atoms with Crippen molar-refractivity contribution in [1.82, 2.24) is 0 Å². The summed E-state index contributed by atoms with van der Waals surface area (Å²) in [6.45, 7) is 0. The van der Waals surface area contributed by atoms with Crippen LogP contribution in [0.1, 0.15) is 10.4 Å². The van der Waals surface area contributed by atoms with Crippen LogP contribution >= 0.6 is 15.9 Å². The number of hydrogen-bond donors (Lipinski definition) is 3. The van der Waals surface area contributed by atoms with Gasteiger partial charge in [-0.2, -0.15) is 0 Å². The van der Waals surface area contributed by atoms with E-state index in [-0.39, 0.29) is 5.56 Å². The SMILES string of the molecule is Nc1ccc(-c2c(N)cccc2C(=O)O)cc1Br. The van der Waals surface area contributed by atoms with E-state index in [1.54, 1.807) is 30.3 Å². The van der Waals surface area contributed by atoms with Gasteiger partial charge in [0, 0.05) is 21.4 Å². The number of carboxylic acid groups (broad SMARTS) is 1. The Balaban J connectivity index is 2.69. The molecule has 0 spiro atoms. The maximum Gasteiger partial charge on any atom is 0.336 e. The standard InChI is InChI=1S/C13H11BrN2O2/c14-9-6-7(4-5-10(9)15)12-8(13(17)18)2-1-3-11(12)16/h1-6H,15-16H2,(H,17,18). The zero-order valence-corrected chi connectivity index (χ0v) is 10.9. The second-order valence-corrected chi connectivity index (χ2v) is 4.67.